The second kappa shape index (κ2) is 10.7. The summed E-state index contributed by atoms with van der Waals surface area (Å²) in [5, 5.41) is 11.2. The fourth-order valence-corrected chi connectivity index (χ4v) is 0.446. The molecule has 0 aromatic rings. The van der Waals surface area contributed by atoms with E-state index in [1.165, 1.54) is 0 Å². The van der Waals surface area contributed by atoms with Gasteiger partial charge in [-0.2, -0.15) is 5.26 Å². The van der Waals surface area contributed by atoms with Crippen LogP contribution in [0, 0.1) is 11.3 Å². The van der Waals surface area contributed by atoms with Gasteiger partial charge in [0.25, 0.3) is 0 Å². The Balaban J connectivity index is 0. The molecule has 0 atom stereocenters. The monoisotopic (exact) mass is 148 g/mol. The fraction of sp³-hybridized carbons (Fsp3) is 0.833. The molecule has 0 amide bonds. The molecule has 0 aromatic carbocycles. The Labute approximate surface area is 62.7 Å². The van der Waals surface area contributed by atoms with Crippen LogP contribution >= 0.6 is 12.4 Å². The first-order valence-electron chi connectivity index (χ1n) is 2.99. The van der Waals surface area contributed by atoms with Gasteiger partial charge in [0.2, 0.25) is 0 Å². The summed E-state index contributed by atoms with van der Waals surface area (Å²) in [6.07, 6.45) is 1.77. The smallest absolute Gasteiger partial charge is 0.0635 e. The lowest BCUT2D eigenvalue weighted by Gasteiger charge is -1.94. The van der Waals surface area contributed by atoms with E-state index in [0.717, 1.165) is 19.5 Å². The molecular formula is C6H13ClN2. The Bertz CT molecular complexity index is 77.6. The standard InChI is InChI=1S/C6H12N2.ClH/c1-2-5-8-6-3-4-7;/h8H,2-3,5-6H2,1H3;1H. The molecule has 0 radical (unpaired) electrons. The third kappa shape index (κ3) is 11.4. The molecule has 1 N–H and O–H groups in total. The Morgan fingerprint density at radius 1 is 1.44 bits per heavy atom. The van der Waals surface area contributed by atoms with E-state index < -0.39 is 0 Å². The highest BCUT2D eigenvalue weighted by atomic mass is 35.5. The van der Waals surface area contributed by atoms with E-state index in [1.54, 1.807) is 0 Å². The fourth-order valence-electron chi connectivity index (χ4n) is 0.446. The normalized spacial score (nSPS) is 7.56. The van der Waals surface area contributed by atoms with Gasteiger partial charge in [-0.25, -0.2) is 0 Å². The number of nitrogens with one attached hydrogen (secondary N) is 1. The van der Waals surface area contributed by atoms with E-state index >= 15 is 0 Å². The van der Waals surface area contributed by atoms with Gasteiger partial charge in [-0.05, 0) is 13.0 Å². The third-order valence-electron chi connectivity index (χ3n) is 0.840. The van der Waals surface area contributed by atoms with Crippen LogP contribution in [0.25, 0.3) is 0 Å². The molecule has 0 spiro atoms. The Kier molecular flexibility index (Phi) is 13.7. The molecule has 0 heterocycles. The lowest BCUT2D eigenvalue weighted by molar-refractivity contribution is 0.681. The van der Waals surface area contributed by atoms with E-state index in [4.69, 9.17) is 5.26 Å². The van der Waals surface area contributed by atoms with Crippen LogP contribution in [0.3, 0.4) is 0 Å². The predicted molar refractivity (Wildman–Crippen MR) is 40.6 cm³/mol. The van der Waals surface area contributed by atoms with Gasteiger partial charge in [0.1, 0.15) is 0 Å². The first-order chi connectivity index (χ1) is 3.91. The van der Waals surface area contributed by atoms with Crippen molar-refractivity contribution in [2.24, 2.45) is 0 Å². The molecule has 0 aliphatic rings. The molecule has 0 fully saturated rings. The number of nitriles is 1. The summed E-state index contributed by atoms with van der Waals surface area (Å²) in [6.45, 7) is 3.98. The molecule has 0 rings (SSSR count). The van der Waals surface area contributed by atoms with Gasteiger partial charge < -0.3 is 5.32 Å². The van der Waals surface area contributed by atoms with Gasteiger partial charge in [0.15, 0.2) is 0 Å². The summed E-state index contributed by atoms with van der Waals surface area (Å²) in [5.41, 5.74) is 0. The van der Waals surface area contributed by atoms with Crippen molar-refractivity contribution in [2.45, 2.75) is 19.8 Å². The molecule has 0 saturated carbocycles. The molecular weight excluding hydrogens is 136 g/mol. The van der Waals surface area contributed by atoms with Crippen LogP contribution in [0.4, 0.5) is 0 Å². The average Bonchev–Trinajstić information content (AvgIpc) is 1.81. The predicted octanol–water partition coefficient (Wildman–Crippen LogP) is 1.32. The Morgan fingerprint density at radius 2 is 2.11 bits per heavy atom. The van der Waals surface area contributed by atoms with Crippen LogP contribution in [-0.2, 0) is 0 Å². The lowest BCUT2D eigenvalue weighted by atomic mass is 10.4. The highest BCUT2D eigenvalue weighted by Gasteiger charge is 1.80. The van der Waals surface area contributed by atoms with E-state index in [2.05, 4.69) is 18.3 Å². The van der Waals surface area contributed by atoms with E-state index in [9.17, 15) is 0 Å². The number of rotatable bonds is 4. The van der Waals surface area contributed by atoms with Crippen LogP contribution in [-0.4, -0.2) is 13.1 Å². The molecule has 9 heavy (non-hydrogen) atoms. The first-order valence-corrected chi connectivity index (χ1v) is 2.99. The van der Waals surface area contributed by atoms with Gasteiger partial charge in [-0.15, -0.1) is 12.4 Å². The van der Waals surface area contributed by atoms with Crippen molar-refractivity contribution in [1.29, 1.82) is 5.26 Å². The summed E-state index contributed by atoms with van der Waals surface area (Å²) in [7, 11) is 0. The molecule has 0 aliphatic heterocycles. The maximum absolute atomic E-state index is 8.08. The van der Waals surface area contributed by atoms with Crippen molar-refractivity contribution in [2.75, 3.05) is 13.1 Å². The van der Waals surface area contributed by atoms with Gasteiger partial charge in [0, 0.05) is 13.0 Å². The lowest BCUT2D eigenvalue weighted by Crippen LogP contribution is -2.14. The first kappa shape index (κ1) is 11.5. The summed E-state index contributed by atoms with van der Waals surface area (Å²) >= 11 is 0. The topological polar surface area (TPSA) is 35.8 Å². The zero-order valence-electron chi connectivity index (χ0n) is 5.68. The second-order valence-electron chi connectivity index (χ2n) is 1.66. The maximum Gasteiger partial charge on any atom is 0.0635 e. The van der Waals surface area contributed by atoms with Gasteiger partial charge in [0.05, 0.1) is 6.07 Å². The molecule has 0 aliphatic carbocycles. The van der Waals surface area contributed by atoms with Crippen LogP contribution in [0.1, 0.15) is 19.8 Å². The number of halogens is 1. The average molecular weight is 149 g/mol. The van der Waals surface area contributed by atoms with Crippen molar-refractivity contribution >= 4 is 12.4 Å². The molecule has 2 nitrogen and oxygen atoms in total. The number of hydrogen-bond acceptors (Lipinski definition) is 2. The van der Waals surface area contributed by atoms with Gasteiger partial charge in [-0.3, -0.25) is 0 Å². The van der Waals surface area contributed by atoms with E-state index in [0.29, 0.717) is 6.42 Å². The summed E-state index contributed by atoms with van der Waals surface area (Å²) in [6, 6.07) is 2.06. The third-order valence-corrected chi connectivity index (χ3v) is 0.840. The van der Waals surface area contributed by atoms with Crippen molar-refractivity contribution in [3.63, 3.8) is 0 Å². The summed E-state index contributed by atoms with van der Waals surface area (Å²) in [5.74, 6) is 0. The van der Waals surface area contributed by atoms with E-state index in [1.807, 2.05) is 0 Å². The molecule has 0 aromatic heterocycles. The zero-order chi connectivity index (χ0) is 6.24. The quantitative estimate of drug-likeness (QED) is 0.611. The second-order valence-corrected chi connectivity index (χ2v) is 1.66. The number of nitrogens with zero attached hydrogens (tertiary/aromatic N) is 1. The van der Waals surface area contributed by atoms with Crippen molar-refractivity contribution in [1.82, 2.24) is 5.32 Å². The van der Waals surface area contributed by atoms with Crippen molar-refractivity contribution in [3.05, 3.63) is 0 Å². The molecule has 0 unspecified atom stereocenters. The van der Waals surface area contributed by atoms with Crippen LogP contribution < -0.4 is 5.32 Å². The molecule has 0 saturated heterocycles. The molecule has 54 valence electrons. The highest BCUT2D eigenvalue weighted by molar-refractivity contribution is 5.85. The van der Waals surface area contributed by atoms with Crippen LogP contribution in [0.15, 0.2) is 0 Å². The van der Waals surface area contributed by atoms with Gasteiger partial charge in [-0.1, -0.05) is 6.92 Å². The summed E-state index contributed by atoms with van der Waals surface area (Å²) < 4.78 is 0. The van der Waals surface area contributed by atoms with Crippen molar-refractivity contribution < 1.29 is 0 Å². The van der Waals surface area contributed by atoms with E-state index in [-0.39, 0.29) is 12.4 Å². The minimum atomic E-state index is 0. The van der Waals surface area contributed by atoms with Crippen LogP contribution in [0.2, 0.25) is 0 Å². The minimum Gasteiger partial charge on any atom is -0.316 e. The summed E-state index contributed by atoms with van der Waals surface area (Å²) in [4.78, 5) is 0. The van der Waals surface area contributed by atoms with Crippen molar-refractivity contribution in [3.8, 4) is 6.07 Å². The molecule has 0 bridgehead atoms. The number of hydrogen-bond donors (Lipinski definition) is 1. The Hall–Kier alpha value is -0.260. The van der Waals surface area contributed by atoms with Gasteiger partial charge >= 0.3 is 0 Å². The highest BCUT2D eigenvalue weighted by Crippen LogP contribution is 1.72. The Morgan fingerprint density at radius 3 is 2.56 bits per heavy atom. The largest absolute Gasteiger partial charge is 0.316 e. The molecule has 3 heteroatoms. The SMILES string of the molecule is CCCNCCC#N.Cl. The maximum atomic E-state index is 8.08. The minimum absolute atomic E-state index is 0. The zero-order valence-corrected chi connectivity index (χ0v) is 6.50. The van der Waals surface area contributed by atoms with Crippen LogP contribution in [0.5, 0.6) is 0 Å².